The van der Waals surface area contributed by atoms with Gasteiger partial charge in [-0.3, -0.25) is 0 Å². The zero-order valence-corrected chi connectivity index (χ0v) is 17.3. The number of nitrogens with zero attached hydrogens (tertiary/aromatic N) is 2. The van der Waals surface area contributed by atoms with Gasteiger partial charge < -0.3 is 4.74 Å². The molecule has 8 heteroatoms. The van der Waals surface area contributed by atoms with Crippen LogP contribution in [0.3, 0.4) is 0 Å². The maximum absolute atomic E-state index is 13.5. The van der Waals surface area contributed by atoms with Crippen molar-refractivity contribution in [2.45, 2.75) is 31.9 Å². The molecule has 5 rings (SSSR count). The molecule has 1 aliphatic carbocycles. The Kier molecular flexibility index (Phi) is 4.83. The number of hydrogen-bond acceptors (Lipinski definition) is 4. The van der Waals surface area contributed by atoms with Crippen LogP contribution in [-0.4, -0.2) is 16.5 Å². The molecule has 2 aromatic carbocycles. The molecule has 3 atom stereocenters. The average molecular weight is 446 g/mol. The van der Waals surface area contributed by atoms with Gasteiger partial charge in [0.15, 0.2) is 12.4 Å². The van der Waals surface area contributed by atoms with E-state index in [9.17, 15) is 13.2 Å². The SMILES string of the molecule is Cc1ccc2c(c1)C1N=C(Cl)N1NC2OC1=CC(C(F)(F)F)CC=C1c1ccccc1. The molecule has 0 aromatic heterocycles. The Morgan fingerprint density at radius 2 is 1.90 bits per heavy atom. The van der Waals surface area contributed by atoms with E-state index in [-0.39, 0.29) is 23.6 Å². The standard InChI is InChI=1S/C23H19ClF3N3O/c1-13-7-9-17-18(11-13)20-28-22(24)30(20)29-21(17)31-19-12-15(23(25,26)27)8-10-16(19)14-5-3-2-4-6-14/h2-7,9-12,15,20-21,29H,8H2,1H3. The molecule has 0 bridgehead atoms. The molecule has 3 aliphatic rings. The summed E-state index contributed by atoms with van der Waals surface area (Å²) < 4.78 is 46.7. The second-order valence-corrected chi connectivity index (χ2v) is 8.14. The van der Waals surface area contributed by atoms with Crippen LogP contribution in [0, 0.1) is 12.8 Å². The summed E-state index contributed by atoms with van der Waals surface area (Å²) in [6.45, 7) is 1.97. The fourth-order valence-corrected chi connectivity index (χ4v) is 4.30. The average Bonchev–Trinajstić information content (AvgIpc) is 2.74. The fraction of sp³-hybridized carbons (Fsp3) is 0.261. The van der Waals surface area contributed by atoms with Crippen molar-refractivity contribution < 1.29 is 17.9 Å². The van der Waals surface area contributed by atoms with Crippen molar-refractivity contribution in [3.05, 3.63) is 88.7 Å². The Morgan fingerprint density at radius 1 is 1.13 bits per heavy atom. The van der Waals surface area contributed by atoms with E-state index in [4.69, 9.17) is 16.3 Å². The van der Waals surface area contributed by atoms with Crippen LogP contribution >= 0.6 is 11.6 Å². The van der Waals surface area contributed by atoms with Gasteiger partial charge in [-0.15, -0.1) is 0 Å². The summed E-state index contributed by atoms with van der Waals surface area (Å²) >= 11 is 6.13. The maximum atomic E-state index is 13.5. The van der Waals surface area contributed by atoms with E-state index < -0.39 is 18.3 Å². The molecular weight excluding hydrogens is 427 g/mol. The molecule has 2 heterocycles. The maximum Gasteiger partial charge on any atom is 0.395 e. The molecule has 4 nitrogen and oxygen atoms in total. The summed E-state index contributed by atoms with van der Waals surface area (Å²) in [6, 6.07) is 15.1. The van der Waals surface area contributed by atoms with Crippen LogP contribution in [0.25, 0.3) is 5.57 Å². The number of fused-ring (bicyclic) bond motifs is 3. The number of allylic oxidation sites excluding steroid dienone is 3. The van der Waals surface area contributed by atoms with Crippen LogP contribution < -0.4 is 5.43 Å². The van der Waals surface area contributed by atoms with Crippen LogP contribution in [0.15, 0.2) is 71.4 Å². The number of hydrogen-bond donors (Lipinski definition) is 1. The number of hydrazine groups is 1. The Hall–Kier alpha value is -2.77. The minimum absolute atomic E-state index is 0.124. The van der Waals surface area contributed by atoms with E-state index in [1.54, 1.807) is 11.1 Å². The lowest BCUT2D eigenvalue weighted by molar-refractivity contribution is -0.161. The van der Waals surface area contributed by atoms with Gasteiger partial charge in [0, 0.05) is 16.7 Å². The van der Waals surface area contributed by atoms with Gasteiger partial charge in [-0.1, -0.05) is 60.2 Å². The molecule has 0 radical (unpaired) electrons. The van der Waals surface area contributed by atoms with E-state index in [0.717, 1.165) is 22.3 Å². The van der Waals surface area contributed by atoms with Crippen molar-refractivity contribution in [3.63, 3.8) is 0 Å². The summed E-state index contributed by atoms with van der Waals surface area (Å²) in [5.74, 6) is -1.41. The summed E-state index contributed by atoms with van der Waals surface area (Å²) in [7, 11) is 0. The topological polar surface area (TPSA) is 36.9 Å². The summed E-state index contributed by atoms with van der Waals surface area (Å²) in [6.07, 6.45) is -2.67. The number of nitrogens with one attached hydrogen (secondary N) is 1. The molecule has 2 aliphatic heterocycles. The highest BCUT2D eigenvalue weighted by molar-refractivity contribution is 6.65. The molecule has 2 aromatic rings. The van der Waals surface area contributed by atoms with E-state index in [2.05, 4.69) is 10.4 Å². The number of halogens is 4. The lowest BCUT2D eigenvalue weighted by Crippen LogP contribution is -2.54. The lowest BCUT2D eigenvalue weighted by atomic mass is 9.91. The zero-order chi connectivity index (χ0) is 21.8. The van der Waals surface area contributed by atoms with E-state index in [1.165, 1.54) is 6.08 Å². The van der Waals surface area contributed by atoms with Crippen LogP contribution in [-0.2, 0) is 4.74 Å². The molecule has 0 fully saturated rings. The van der Waals surface area contributed by atoms with Crippen molar-refractivity contribution in [1.29, 1.82) is 0 Å². The van der Waals surface area contributed by atoms with Gasteiger partial charge in [0.05, 0.1) is 5.92 Å². The second kappa shape index (κ2) is 7.43. The first-order valence-corrected chi connectivity index (χ1v) is 10.3. The van der Waals surface area contributed by atoms with Crippen molar-refractivity contribution in [2.75, 3.05) is 0 Å². The first-order chi connectivity index (χ1) is 14.8. The number of aliphatic imine (C=N–C) groups is 1. The molecule has 0 spiro atoms. The molecule has 0 saturated carbocycles. The molecular formula is C23H19ClF3N3O. The third-order valence-electron chi connectivity index (χ3n) is 5.68. The Labute approximate surface area is 182 Å². The van der Waals surface area contributed by atoms with Gasteiger partial charge in [-0.05, 0) is 36.6 Å². The van der Waals surface area contributed by atoms with Gasteiger partial charge in [-0.2, -0.15) is 18.6 Å². The lowest BCUT2D eigenvalue weighted by Gasteiger charge is -2.45. The molecule has 31 heavy (non-hydrogen) atoms. The van der Waals surface area contributed by atoms with Crippen molar-refractivity contribution in [3.8, 4) is 0 Å². The van der Waals surface area contributed by atoms with Crippen LogP contribution in [0.1, 0.15) is 41.1 Å². The molecule has 1 N–H and O–H groups in total. The van der Waals surface area contributed by atoms with Gasteiger partial charge in [0.2, 0.25) is 5.29 Å². The molecule has 0 saturated heterocycles. The fourth-order valence-electron chi connectivity index (χ4n) is 4.06. The summed E-state index contributed by atoms with van der Waals surface area (Å²) in [4.78, 5) is 4.33. The van der Waals surface area contributed by atoms with Crippen LogP contribution in [0.5, 0.6) is 0 Å². The normalized spacial score (nSPS) is 24.9. The van der Waals surface area contributed by atoms with Gasteiger partial charge in [-0.25, -0.2) is 10.0 Å². The van der Waals surface area contributed by atoms with Crippen molar-refractivity contribution >= 4 is 22.5 Å². The largest absolute Gasteiger partial charge is 0.469 e. The van der Waals surface area contributed by atoms with Gasteiger partial charge >= 0.3 is 6.18 Å². The Balaban J connectivity index is 1.53. The van der Waals surface area contributed by atoms with Gasteiger partial charge in [0.25, 0.3) is 0 Å². The van der Waals surface area contributed by atoms with Crippen LogP contribution in [0.4, 0.5) is 13.2 Å². The smallest absolute Gasteiger partial charge is 0.395 e. The molecule has 0 amide bonds. The highest BCUT2D eigenvalue weighted by Crippen LogP contribution is 2.44. The first-order valence-electron chi connectivity index (χ1n) is 9.91. The predicted molar refractivity (Wildman–Crippen MR) is 113 cm³/mol. The monoisotopic (exact) mass is 445 g/mol. The number of aryl methyl sites for hydroxylation is 1. The predicted octanol–water partition coefficient (Wildman–Crippen LogP) is 5.99. The minimum Gasteiger partial charge on any atom is -0.469 e. The zero-order valence-electron chi connectivity index (χ0n) is 16.5. The minimum atomic E-state index is -4.35. The van der Waals surface area contributed by atoms with Crippen molar-refractivity contribution in [1.82, 2.24) is 10.4 Å². The second-order valence-electron chi connectivity index (χ2n) is 7.80. The number of amidine groups is 1. The third-order valence-corrected chi connectivity index (χ3v) is 5.96. The molecule has 3 unspecified atom stereocenters. The van der Waals surface area contributed by atoms with E-state index in [1.807, 2.05) is 55.5 Å². The van der Waals surface area contributed by atoms with E-state index in [0.29, 0.717) is 5.57 Å². The number of benzene rings is 2. The highest BCUT2D eigenvalue weighted by Gasteiger charge is 2.43. The van der Waals surface area contributed by atoms with Gasteiger partial charge in [0.1, 0.15) is 5.76 Å². The first kappa shape index (κ1) is 20.2. The van der Waals surface area contributed by atoms with Crippen molar-refractivity contribution in [2.24, 2.45) is 10.9 Å². The Bertz CT molecular complexity index is 1110. The third kappa shape index (κ3) is 3.62. The van der Waals surface area contributed by atoms with E-state index >= 15 is 0 Å². The quantitative estimate of drug-likeness (QED) is 0.590. The summed E-state index contributed by atoms with van der Waals surface area (Å²) in [5.41, 5.74) is 7.39. The number of ether oxygens (including phenoxy) is 1. The summed E-state index contributed by atoms with van der Waals surface area (Å²) in [5, 5.41) is 1.96. The Morgan fingerprint density at radius 3 is 2.61 bits per heavy atom. The number of rotatable bonds is 3. The molecule has 160 valence electrons. The van der Waals surface area contributed by atoms with Crippen LogP contribution in [0.2, 0.25) is 0 Å². The highest BCUT2D eigenvalue weighted by atomic mass is 35.5. The number of alkyl halides is 3.